The molecule has 98 valence electrons. The number of hydrogen-bond donors (Lipinski definition) is 4. The zero-order valence-corrected chi connectivity index (χ0v) is 10.5. The lowest BCUT2D eigenvalue weighted by Crippen LogP contribution is -2.29. The molecule has 0 saturated carbocycles. The van der Waals surface area contributed by atoms with Gasteiger partial charge in [-0.25, -0.2) is 10.1 Å². The van der Waals surface area contributed by atoms with Crippen molar-refractivity contribution < 1.29 is 20.6 Å². The van der Waals surface area contributed by atoms with Crippen LogP contribution in [0.3, 0.4) is 0 Å². The number of hydrogen-bond acceptors (Lipinski definition) is 10. The highest BCUT2D eigenvalue weighted by Gasteiger charge is 2.23. The first kappa shape index (κ1) is 13.1. The van der Waals surface area contributed by atoms with Crippen LogP contribution < -0.4 is 0 Å². The van der Waals surface area contributed by atoms with Crippen LogP contribution in [0, 0.1) is 0 Å². The van der Waals surface area contributed by atoms with Gasteiger partial charge in [-0.3, -0.25) is 20.4 Å². The molecule has 2 atom stereocenters. The molecule has 0 fully saturated rings. The molecule has 2 heterocycles. The summed E-state index contributed by atoms with van der Waals surface area (Å²) in [5.41, 5.74) is -1.29. The van der Waals surface area contributed by atoms with Crippen molar-refractivity contribution in [3.63, 3.8) is 0 Å². The van der Waals surface area contributed by atoms with Crippen molar-refractivity contribution in [1.82, 2.24) is 10.1 Å². The van der Waals surface area contributed by atoms with Gasteiger partial charge in [-0.15, -0.1) is 0 Å². The molecule has 4 N–H and O–H groups in total. The average Bonchev–Trinajstić information content (AvgIpc) is 2.30. The van der Waals surface area contributed by atoms with E-state index in [1.54, 1.807) is 0 Å². The van der Waals surface area contributed by atoms with E-state index in [0.29, 0.717) is 0 Å². The molecule has 0 aliphatic carbocycles. The Morgan fingerprint density at radius 2 is 1.28 bits per heavy atom. The van der Waals surface area contributed by atoms with E-state index in [2.05, 4.69) is 9.98 Å². The van der Waals surface area contributed by atoms with Crippen LogP contribution in [0.15, 0.2) is 33.9 Å². The second kappa shape index (κ2) is 5.52. The van der Waals surface area contributed by atoms with E-state index in [1.165, 1.54) is 12.4 Å². The molecule has 2 unspecified atom stereocenters. The van der Waals surface area contributed by atoms with Crippen LogP contribution in [0.2, 0.25) is 0 Å². The summed E-state index contributed by atoms with van der Waals surface area (Å²) in [4.78, 5) is 7.75. The Hall–Kier alpha value is -1.36. The third-order valence-corrected chi connectivity index (χ3v) is 4.37. The summed E-state index contributed by atoms with van der Waals surface area (Å²) in [6.45, 7) is 0. The Balaban J connectivity index is 1.86. The first-order valence-corrected chi connectivity index (χ1v) is 6.98. The van der Waals surface area contributed by atoms with E-state index >= 15 is 0 Å². The fourth-order valence-electron chi connectivity index (χ4n) is 1.12. The van der Waals surface area contributed by atoms with Crippen LogP contribution in [0.1, 0.15) is 0 Å². The summed E-state index contributed by atoms with van der Waals surface area (Å²) in [7, 11) is 2.26. The number of aliphatic imine (C=N–C) groups is 2. The van der Waals surface area contributed by atoms with Gasteiger partial charge in [0.2, 0.25) is 11.0 Å². The van der Waals surface area contributed by atoms with Crippen molar-refractivity contribution in [3.05, 3.63) is 23.9 Å². The molecule has 0 bridgehead atoms. The van der Waals surface area contributed by atoms with Gasteiger partial charge in [-0.1, -0.05) is 0 Å². The average molecular weight is 290 g/mol. The van der Waals surface area contributed by atoms with E-state index in [-0.39, 0.29) is 11.5 Å². The highest BCUT2D eigenvalue weighted by atomic mass is 33.1. The predicted molar refractivity (Wildman–Crippen MR) is 68.4 cm³/mol. The summed E-state index contributed by atoms with van der Waals surface area (Å²) in [5, 5.41) is 38.6. The maximum atomic E-state index is 9.46. The quantitative estimate of drug-likeness (QED) is 0.575. The fraction of sp³-hybridized carbons (Fsp3) is 0.250. The minimum atomic E-state index is -0.644. The second-order valence-corrected chi connectivity index (χ2v) is 5.65. The van der Waals surface area contributed by atoms with E-state index in [4.69, 9.17) is 10.2 Å². The third-order valence-electron chi connectivity index (χ3n) is 1.88. The molecule has 0 aromatic carbocycles. The number of nitrogens with zero attached hydrogens (tertiary/aromatic N) is 4. The summed E-state index contributed by atoms with van der Waals surface area (Å²) < 4.78 is 0. The number of rotatable bonds is 3. The summed E-state index contributed by atoms with van der Waals surface area (Å²) in [6, 6.07) is 0. The molecule has 8 nitrogen and oxygen atoms in total. The Morgan fingerprint density at radius 3 is 1.61 bits per heavy atom. The largest absolute Gasteiger partial charge is 0.505 e. The predicted octanol–water partition coefficient (Wildman–Crippen LogP) is 1.28. The number of aliphatic hydroxyl groups is 2. The highest BCUT2D eigenvalue weighted by molar-refractivity contribution is 8.77. The molecule has 10 heteroatoms. The molecule has 0 spiro atoms. The van der Waals surface area contributed by atoms with Crippen LogP contribution in [0.4, 0.5) is 0 Å². The molecule has 2 aliphatic rings. The maximum absolute atomic E-state index is 9.46. The number of hydroxylamine groups is 4. The lowest BCUT2D eigenvalue weighted by atomic mass is 10.5. The zero-order chi connectivity index (χ0) is 13.1. The third kappa shape index (κ3) is 3.10. The van der Waals surface area contributed by atoms with Crippen molar-refractivity contribution in [2.75, 3.05) is 0 Å². The van der Waals surface area contributed by atoms with E-state index in [0.717, 1.165) is 44.1 Å². The van der Waals surface area contributed by atoms with Crippen LogP contribution in [-0.4, -0.2) is 54.2 Å². The molecular weight excluding hydrogens is 280 g/mol. The minimum absolute atomic E-state index is 0.147. The normalized spacial score (nSPS) is 27.2. The fourth-order valence-corrected chi connectivity index (χ4v) is 3.26. The highest BCUT2D eigenvalue weighted by Crippen LogP contribution is 2.36. The SMILES string of the molecule is OC1=CN(O)C(SSC2N=CC(O)=CN2O)N=C1. The monoisotopic (exact) mass is 290 g/mol. The van der Waals surface area contributed by atoms with E-state index in [1.807, 2.05) is 0 Å². The molecule has 2 rings (SSSR count). The Labute approximate surface area is 110 Å². The van der Waals surface area contributed by atoms with Crippen LogP contribution in [-0.2, 0) is 0 Å². The summed E-state index contributed by atoms with van der Waals surface area (Å²) >= 11 is 0. The molecular formula is C8H10N4O4S2. The van der Waals surface area contributed by atoms with Gasteiger partial charge in [0.05, 0.1) is 24.8 Å². The first-order valence-electron chi connectivity index (χ1n) is 4.71. The summed E-state index contributed by atoms with van der Waals surface area (Å²) in [6.07, 6.45) is 4.69. The Morgan fingerprint density at radius 1 is 0.889 bits per heavy atom. The van der Waals surface area contributed by atoms with Crippen molar-refractivity contribution in [2.24, 2.45) is 9.98 Å². The van der Waals surface area contributed by atoms with Gasteiger partial charge in [0.25, 0.3) is 0 Å². The molecule has 0 amide bonds. The van der Waals surface area contributed by atoms with E-state index < -0.39 is 11.0 Å². The minimum Gasteiger partial charge on any atom is -0.505 e. The van der Waals surface area contributed by atoms with Crippen molar-refractivity contribution >= 4 is 34.0 Å². The number of aliphatic hydroxyl groups excluding tert-OH is 2. The number of allylic oxidation sites excluding steroid dienone is 2. The maximum Gasteiger partial charge on any atom is 0.201 e. The molecule has 18 heavy (non-hydrogen) atoms. The molecule has 0 aromatic heterocycles. The Kier molecular flexibility index (Phi) is 4.01. The van der Waals surface area contributed by atoms with Crippen LogP contribution >= 0.6 is 21.6 Å². The van der Waals surface area contributed by atoms with Gasteiger partial charge in [-0.05, 0) is 21.6 Å². The topological polar surface area (TPSA) is 112 Å². The second-order valence-electron chi connectivity index (χ2n) is 3.27. The lowest BCUT2D eigenvalue weighted by molar-refractivity contribution is -0.0543. The van der Waals surface area contributed by atoms with Gasteiger partial charge in [0, 0.05) is 0 Å². The smallest absolute Gasteiger partial charge is 0.201 e. The molecule has 0 saturated heterocycles. The van der Waals surface area contributed by atoms with Crippen LogP contribution in [0.5, 0.6) is 0 Å². The lowest BCUT2D eigenvalue weighted by Gasteiger charge is -2.26. The van der Waals surface area contributed by atoms with Crippen molar-refractivity contribution in [1.29, 1.82) is 0 Å². The van der Waals surface area contributed by atoms with Gasteiger partial charge < -0.3 is 10.2 Å². The van der Waals surface area contributed by atoms with E-state index in [9.17, 15) is 10.4 Å². The summed E-state index contributed by atoms with van der Waals surface area (Å²) in [5.74, 6) is -0.293. The Bertz CT molecular complexity index is 399. The van der Waals surface area contributed by atoms with Crippen molar-refractivity contribution in [3.8, 4) is 0 Å². The van der Waals surface area contributed by atoms with Gasteiger partial charge in [0.15, 0.2) is 11.5 Å². The van der Waals surface area contributed by atoms with Gasteiger partial charge >= 0.3 is 0 Å². The van der Waals surface area contributed by atoms with Crippen molar-refractivity contribution in [2.45, 2.75) is 11.0 Å². The van der Waals surface area contributed by atoms with Gasteiger partial charge in [-0.2, -0.15) is 0 Å². The standard InChI is InChI=1S/C8H10N4O4S2/c13-5-1-9-7(11(15)3-5)17-18-8-10-2-6(14)4-12(8)16/h1-4,7-8,13-16H. The molecule has 2 aliphatic heterocycles. The molecule has 0 aromatic rings. The van der Waals surface area contributed by atoms with Crippen LogP contribution in [0.25, 0.3) is 0 Å². The first-order chi connectivity index (χ1) is 8.56. The van der Waals surface area contributed by atoms with Gasteiger partial charge in [0.1, 0.15) is 0 Å². The zero-order valence-electron chi connectivity index (χ0n) is 8.86. The molecule has 0 radical (unpaired) electrons.